The van der Waals surface area contributed by atoms with E-state index in [4.69, 9.17) is 14.7 Å². The van der Waals surface area contributed by atoms with Crippen molar-refractivity contribution >= 4 is 22.8 Å². The largest absolute Gasteiger partial charge is 0.453 e. The van der Waals surface area contributed by atoms with Crippen molar-refractivity contribution in [2.75, 3.05) is 19.3 Å². The van der Waals surface area contributed by atoms with Crippen LogP contribution in [0.25, 0.3) is 33.9 Å². The fourth-order valence-corrected chi connectivity index (χ4v) is 3.58. The molecule has 4 aromatic heterocycles. The highest BCUT2D eigenvalue weighted by molar-refractivity contribution is 5.88. The van der Waals surface area contributed by atoms with E-state index >= 15 is 0 Å². The van der Waals surface area contributed by atoms with Gasteiger partial charge in [0.25, 0.3) is 5.91 Å². The van der Waals surface area contributed by atoms with Gasteiger partial charge in [0.2, 0.25) is 5.60 Å². The van der Waals surface area contributed by atoms with E-state index in [0.717, 1.165) is 0 Å². The number of anilines is 1. The lowest BCUT2D eigenvalue weighted by atomic mass is 9.99. The molecule has 0 saturated carbocycles. The number of hydrogen-bond donors (Lipinski definition) is 2. The van der Waals surface area contributed by atoms with Crippen LogP contribution in [-0.4, -0.2) is 49.6 Å². The Morgan fingerprint density at radius 3 is 2.63 bits per heavy atom. The lowest BCUT2D eigenvalue weighted by Gasteiger charge is -2.16. The lowest BCUT2D eigenvalue weighted by Crippen LogP contribution is -2.35. The second-order valence-corrected chi connectivity index (χ2v) is 7.30. The molecule has 1 fully saturated rings. The lowest BCUT2D eigenvalue weighted by molar-refractivity contribution is -0.144. The minimum Gasteiger partial charge on any atom is -0.453 e. The van der Waals surface area contributed by atoms with E-state index in [-0.39, 0.29) is 12.2 Å². The molecule has 30 heavy (non-hydrogen) atoms. The first-order valence-electron chi connectivity index (χ1n) is 9.32. The number of carbonyl (C=O) groups is 1. The molecule has 10 heteroatoms. The number of aliphatic hydroxyl groups is 1. The number of pyridine rings is 1. The van der Waals surface area contributed by atoms with Crippen molar-refractivity contribution in [3.8, 4) is 22.9 Å². The van der Waals surface area contributed by atoms with Crippen molar-refractivity contribution in [3.05, 3.63) is 41.9 Å². The maximum absolute atomic E-state index is 12.3. The zero-order chi connectivity index (χ0) is 21.0. The second kappa shape index (κ2) is 6.36. The van der Waals surface area contributed by atoms with Crippen molar-refractivity contribution in [1.82, 2.24) is 25.0 Å². The average molecular weight is 406 g/mol. The summed E-state index contributed by atoms with van der Waals surface area (Å²) < 4.78 is 11.1. The number of rotatable bonds is 3. The van der Waals surface area contributed by atoms with Crippen LogP contribution >= 0.6 is 0 Å². The van der Waals surface area contributed by atoms with Crippen LogP contribution in [0, 0.1) is 6.92 Å². The molecule has 0 radical (unpaired) electrons. The monoisotopic (exact) mass is 406 g/mol. The van der Waals surface area contributed by atoms with Crippen LogP contribution in [-0.2, 0) is 10.4 Å². The van der Waals surface area contributed by atoms with Gasteiger partial charge in [0.05, 0.1) is 5.52 Å². The number of carbonyl (C=O) groups excluding carboxylic acids is 1. The van der Waals surface area contributed by atoms with Gasteiger partial charge in [0, 0.05) is 26.1 Å². The molecular formula is C20H18N6O4. The van der Waals surface area contributed by atoms with Gasteiger partial charge in [0.1, 0.15) is 22.7 Å². The third-order valence-corrected chi connectivity index (χ3v) is 5.22. The number of nitrogens with zero attached hydrogens (tertiary/aromatic N) is 5. The minimum absolute atomic E-state index is 0.0916. The number of furan rings is 1. The van der Waals surface area contributed by atoms with Crippen LogP contribution < -0.4 is 5.73 Å². The van der Waals surface area contributed by atoms with Crippen LogP contribution in [0.2, 0.25) is 0 Å². The summed E-state index contributed by atoms with van der Waals surface area (Å²) >= 11 is 0. The first-order chi connectivity index (χ1) is 14.3. The SMILES string of the molecule is Cc1nc(N)c2nc(-c3ccc(-c4cc([C@]5(O)CCN(C)C5=O)on4)o3)ccc2n1. The van der Waals surface area contributed by atoms with Gasteiger partial charge < -0.3 is 24.7 Å². The summed E-state index contributed by atoms with van der Waals surface area (Å²) in [6, 6.07) is 8.55. The fraction of sp³-hybridized carbons (Fsp3) is 0.250. The van der Waals surface area contributed by atoms with Gasteiger partial charge in [-0.1, -0.05) is 5.16 Å². The van der Waals surface area contributed by atoms with Crippen LogP contribution in [0.5, 0.6) is 0 Å². The number of hydrogen-bond acceptors (Lipinski definition) is 9. The molecule has 1 saturated heterocycles. The van der Waals surface area contributed by atoms with Crippen molar-refractivity contribution < 1.29 is 18.8 Å². The third-order valence-electron chi connectivity index (χ3n) is 5.22. The third kappa shape index (κ3) is 2.72. The van der Waals surface area contributed by atoms with Crippen molar-refractivity contribution in [2.24, 2.45) is 0 Å². The Hall–Kier alpha value is -3.79. The second-order valence-electron chi connectivity index (χ2n) is 7.30. The van der Waals surface area contributed by atoms with E-state index < -0.39 is 11.5 Å². The number of fused-ring (bicyclic) bond motifs is 1. The van der Waals surface area contributed by atoms with Gasteiger partial charge in [-0.15, -0.1) is 0 Å². The molecule has 0 spiro atoms. The summed E-state index contributed by atoms with van der Waals surface area (Å²) in [5.41, 5.74) is 6.34. The van der Waals surface area contributed by atoms with Gasteiger partial charge >= 0.3 is 0 Å². The van der Waals surface area contributed by atoms with E-state index in [1.165, 1.54) is 11.0 Å². The quantitative estimate of drug-likeness (QED) is 0.521. The van der Waals surface area contributed by atoms with Crippen molar-refractivity contribution in [1.29, 1.82) is 0 Å². The number of aryl methyl sites for hydroxylation is 1. The van der Waals surface area contributed by atoms with E-state index in [1.54, 1.807) is 38.2 Å². The molecule has 1 aliphatic rings. The van der Waals surface area contributed by atoms with E-state index in [9.17, 15) is 9.90 Å². The smallest absolute Gasteiger partial charge is 0.262 e. The molecule has 152 valence electrons. The molecule has 0 unspecified atom stereocenters. The Morgan fingerprint density at radius 1 is 1.13 bits per heavy atom. The number of likely N-dealkylation sites (tertiary alicyclic amines) is 1. The average Bonchev–Trinajstić information content (AvgIpc) is 3.45. The van der Waals surface area contributed by atoms with Gasteiger partial charge in [-0.2, -0.15) is 0 Å². The Bertz CT molecular complexity index is 1300. The number of amides is 1. The van der Waals surface area contributed by atoms with E-state index in [0.29, 0.717) is 52.1 Å². The first-order valence-corrected chi connectivity index (χ1v) is 9.32. The summed E-state index contributed by atoms with van der Waals surface area (Å²) in [7, 11) is 1.63. The van der Waals surface area contributed by atoms with Crippen LogP contribution in [0.15, 0.2) is 39.3 Å². The number of nitrogens with two attached hydrogens (primary N) is 1. The maximum atomic E-state index is 12.3. The number of aromatic nitrogens is 4. The molecule has 10 nitrogen and oxygen atoms in total. The highest BCUT2D eigenvalue weighted by atomic mass is 16.5. The zero-order valence-electron chi connectivity index (χ0n) is 16.3. The van der Waals surface area contributed by atoms with E-state index in [2.05, 4.69) is 20.1 Å². The van der Waals surface area contributed by atoms with Crippen molar-refractivity contribution in [2.45, 2.75) is 18.9 Å². The zero-order valence-corrected chi connectivity index (χ0v) is 16.3. The van der Waals surface area contributed by atoms with Gasteiger partial charge in [-0.3, -0.25) is 4.79 Å². The normalized spacial score (nSPS) is 19.2. The highest BCUT2D eigenvalue weighted by Gasteiger charge is 2.48. The van der Waals surface area contributed by atoms with Gasteiger partial charge in [-0.05, 0) is 31.2 Å². The standard InChI is InChI=1S/C20H18N6O4/c1-10-22-12-4-3-11(24-17(12)18(21)23-10)14-5-6-15(29-14)13-9-16(30-25-13)20(28)7-8-26(2)19(20)27/h3-6,9,28H,7-8H2,1-2H3,(H2,21,22,23)/t20-/m1/s1. The molecule has 0 aromatic carbocycles. The molecule has 3 N–H and O–H groups in total. The molecule has 5 rings (SSSR count). The number of nitrogen functional groups attached to an aromatic ring is 1. The van der Waals surface area contributed by atoms with Crippen molar-refractivity contribution in [3.63, 3.8) is 0 Å². The molecular weight excluding hydrogens is 388 g/mol. The topological polar surface area (TPSA) is 144 Å². The molecule has 4 aromatic rings. The molecule has 1 atom stereocenters. The summed E-state index contributed by atoms with van der Waals surface area (Å²) in [6.07, 6.45) is 0.240. The Morgan fingerprint density at radius 2 is 1.90 bits per heavy atom. The Labute approximate surface area is 170 Å². The molecule has 0 aliphatic carbocycles. The molecule has 1 aliphatic heterocycles. The molecule has 5 heterocycles. The minimum atomic E-state index is -1.70. The Balaban J connectivity index is 1.48. The number of likely N-dealkylation sites (N-methyl/N-ethyl adjacent to an activating group) is 1. The predicted molar refractivity (Wildman–Crippen MR) is 106 cm³/mol. The van der Waals surface area contributed by atoms with E-state index in [1.807, 2.05) is 0 Å². The fourth-order valence-electron chi connectivity index (χ4n) is 3.58. The predicted octanol–water partition coefficient (Wildman–Crippen LogP) is 1.88. The van der Waals surface area contributed by atoms with Gasteiger partial charge in [-0.25, -0.2) is 15.0 Å². The summed E-state index contributed by atoms with van der Waals surface area (Å²) in [4.78, 5) is 26.7. The molecule has 1 amide bonds. The van der Waals surface area contributed by atoms with Gasteiger partial charge in [0.15, 0.2) is 23.1 Å². The molecule has 0 bridgehead atoms. The Kier molecular flexibility index (Phi) is 3.87. The summed E-state index contributed by atoms with van der Waals surface area (Å²) in [5.74, 6) is 1.45. The van der Waals surface area contributed by atoms with Crippen LogP contribution in [0.4, 0.5) is 5.82 Å². The highest BCUT2D eigenvalue weighted by Crippen LogP contribution is 2.35. The summed E-state index contributed by atoms with van der Waals surface area (Å²) in [6.45, 7) is 2.21. The van der Waals surface area contributed by atoms with Crippen LogP contribution in [0.1, 0.15) is 18.0 Å². The summed E-state index contributed by atoms with van der Waals surface area (Å²) in [5, 5.41) is 14.7. The van der Waals surface area contributed by atoms with Crippen LogP contribution in [0.3, 0.4) is 0 Å². The maximum Gasteiger partial charge on any atom is 0.262 e. The first kappa shape index (κ1) is 18.3.